The minimum atomic E-state index is -0.488. The molecule has 0 saturated heterocycles. The topological polar surface area (TPSA) is 72.2 Å². The molecule has 0 fully saturated rings. The van der Waals surface area contributed by atoms with Crippen LogP contribution in [0.5, 0.6) is 0 Å². The van der Waals surface area contributed by atoms with Gasteiger partial charge in [-0.15, -0.1) is 11.6 Å². The first-order valence-electron chi connectivity index (χ1n) is 6.24. The zero-order valence-electron chi connectivity index (χ0n) is 10.6. The lowest BCUT2D eigenvalue weighted by atomic mass is 10.2. The Morgan fingerprint density at radius 3 is 2.37 bits per heavy atom. The lowest BCUT2D eigenvalue weighted by Gasteiger charge is -2.04. The highest BCUT2D eigenvalue weighted by molar-refractivity contribution is 6.17. The minimum absolute atomic E-state index is 0.0161. The van der Waals surface area contributed by atoms with E-state index < -0.39 is 4.92 Å². The molecule has 0 aliphatic rings. The Balaban J connectivity index is 2.31. The third kappa shape index (κ3) is 5.70. The van der Waals surface area contributed by atoms with Crippen LogP contribution in [-0.4, -0.2) is 23.3 Å². The summed E-state index contributed by atoms with van der Waals surface area (Å²) in [5.41, 5.74) is 0.420. The maximum atomic E-state index is 11.7. The number of amides is 1. The highest BCUT2D eigenvalue weighted by atomic mass is 35.5. The van der Waals surface area contributed by atoms with Crippen molar-refractivity contribution in [2.45, 2.75) is 25.7 Å². The molecule has 0 radical (unpaired) electrons. The number of alkyl halides is 1. The molecule has 0 heterocycles. The van der Waals surface area contributed by atoms with Crippen molar-refractivity contribution in [3.8, 4) is 0 Å². The molecule has 19 heavy (non-hydrogen) atoms. The first kappa shape index (κ1) is 15.4. The molecule has 0 aliphatic carbocycles. The summed E-state index contributed by atoms with van der Waals surface area (Å²) in [6, 6.07) is 5.58. The lowest BCUT2D eigenvalue weighted by Crippen LogP contribution is -2.24. The van der Waals surface area contributed by atoms with E-state index in [2.05, 4.69) is 5.32 Å². The van der Waals surface area contributed by atoms with E-state index in [1.165, 1.54) is 24.3 Å². The highest BCUT2D eigenvalue weighted by Crippen LogP contribution is 2.11. The average molecular weight is 285 g/mol. The maximum absolute atomic E-state index is 11.7. The molecule has 0 aliphatic heterocycles. The number of hydrogen-bond donors (Lipinski definition) is 1. The predicted octanol–water partition coefficient (Wildman–Crippen LogP) is 3.12. The Morgan fingerprint density at radius 1 is 1.16 bits per heavy atom. The Hall–Kier alpha value is -1.62. The molecule has 6 heteroatoms. The van der Waals surface area contributed by atoms with Crippen molar-refractivity contribution in [1.29, 1.82) is 0 Å². The second-order valence-corrected chi connectivity index (χ2v) is 4.54. The van der Waals surface area contributed by atoms with E-state index in [9.17, 15) is 14.9 Å². The average Bonchev–Trinajstić information content (AvgIpc) is 2.42. The molecule has 1 amide bonds. The summed E-state index contributed by atoms with van der Waals surface area (Å²) in [7, 11) is 0. The van der Waals surface area contributed by atoms with Crippen LogP contribution in [0.2, 0.25) is 0 Å². The maximum Gasteiger partial charge on any atom is 0.269 e. The van der Waals surface area contributed by atoms with Gasteiger partial charge in [0.05, 0.1) is 4.92 Å². The Morgan fingerprint density at radius 2 is 1.79 bits per heavy atom. The molecule has 5 nitrogen and oxygen atoms in total. The fraction of sp³-hybridized carbons (Fsp3) is 0.462. The van der Waals surface area contributed by atoms with Gasteiger partial charge in [0.15, 0.2) is 0 Å². The monoisotopic (exact) mass is 284 g/mol. The second kappa shape index (κ2) is 8.48. The summed E-state index contributed by atoms with van der Waals surface area (Å²) < 4.78 is 0. The summed E-state index contributed by atoms with van der Waals surface area (Å²) in [6.07, 6.45) is 4.01. The van der Waals surface area contributed by atoms with Gasteiger partial charge in [-0.1, -0.05) is 12.8 Å². The quantitative estimate of drug-likeness (QED) is 0.345. The van der Waals surface area contributed by atoms with Crippen LogP contribution in [0.25, 0.3) is 0 Å². The van der Waals surface area contributed by atoms with Gasteiger partial charge >= 0.3 is 0 Å². The first-order chi connectivity index (χ1) is 9.15. The van der Waals surface area contributed by atoms with E-state index in [1.807, 2.05) is 0 Å². The van der Waals surface area contributed by atoms with Gasteiger partial charge in [0, 0.05) is 30.1 Å². The SMILES string of the molecule is O=C(NCCCCCCCl)c1ccc([N+](=O)[O-])cc1. The van der Waals surface area contributed by atoms with Crippen molar-refractivity contribution in [3.63, 3.8) is 0 Å². The lowest BCUT2D eigenvalue weighted by molar-refractivity contribution is -0.384. The van der Waals surface area contributed by atoms with Gasteiger partial charge in [0.1, 0.15) is 0 Å². The van der Waals surface area contributed by atoms with Crippen LogP contribution >= 0.6 is 11.6 Å². The molecule has 0 atom stereocenters. The number of hydrogen-bond acceptors (Lipinski definition) is 3. The number of halogens is 1. The number of rotatable bonds is 8. The van der Waals surface area contributed by atoms with E-state index in [4.69, 9.17) is 11.6 Å². The smallest absolute Gasteiger partial charge is 0.269 e. The summed E-state index contributed by atoms with van der Waals surface area (Å²) >= 11 is 5.56. The van der Waals surface area contributed by atoms with E-state index in [0.29, 0.717) is 18.0 Å². The normalized spacial score (nSPS) is 10.2. The second-order valence-electron chi connectivity index (χ2n) is 4.16. The number of nitro benzene ring substituents is 1. The molecule has 1 aromatic carbocycles. The fourth-order valence-electron chi connectivity index (χ4n) is 1.61. The number of unbranched alkanes of at least 4 members (excludes halogenated alkanes) is 3. The summed E-state index contributed by atoms with van der Waals surface area (Å²) in [5, 5.41) is 13.3. The Kier molecular flexibility index (Phi) is 6.89. The molecule has 0 saturated carbocycles. The number of non-ortho nitro benzene ring substituents is 1. The van der Waals surface area contributed by atoms with Crippen LogP contribution in [0.15, 0.2) is 24.3 Å². The summed E-state index contributed by atoms with van der Waals surface area (Å²) in [5.74, 6) is 0.474. The molecule has 1 N–H and O–H groups in total. The molecule has 0 unspecified atom stereocenters. The van der Waals surface area contributed by atoms with Crippen LogP contribution in [0.3, 0.4) is 0 Å². The zero-order valence-corrected chi connectivity index (χ0v) is 11.4. The van der Waals surface area contributed by atoms with Crippen molar-refractivity contribution in [2.75, 3.05) is 12.4 Å². The highest BCUT2D eigenvalue weighted by Gasteiger charge is 2.08. The van der Waals surface area contributed by atoms with Crippen LogP contribution in [0.4, 0.5) is 5.69 Å². The first-order valence-corrected chi connectivity index (χ1v) is 6.77. The molecule has 0 bridgehead atoms. The molecule has 0 spiro atoms. The van der Waals surface area contributed by atoms with E-state index in [-0.39, 0.29) is 11.6 Å². The van der Waals surface area contributed by atoms with Crippen molar-refractivity contribution < 1.29 is 9.72 Å². The standard InChI is InChI=1S/C13H17ClN2O3/c14-9-3-1-2-4-10-15-13(17)11-5-7-12(8-6-11)16(18)19/h5-8H,1-4,9-10H2,(H,15,17). The molecule has 0 aromatic heterocycles. The number of carbonyl (C=O) groups excluding carboxylic acids is 1. The van der Waals surface area contributed by atoms with Gasteiger partial charge < -0.3 is 5.32 Å². The van der Waals surface area contributed by atoms with E-state index in [1.54, 1.807) is 0 Å². The van der Waals surface area contributed by atoms with Crippen LogP contribution in [-0.2, 0) is 0 Å². The van der Waals surface area contributed by atoms with Gasteiger partial charge in [-0.3, -0.25) is 14.9 Å². The van der Waals surface area contributed by atoms with Crippen molar-refractivity contribution in [2.24, 2.45) is 0 Å². The molecule has 1 rings (SSSR count). The van der Waals surface area contributed by atoms with Crippen molar-refractivity contribution in [1.82, 2.24) is 5.32 Å². The summed E-state index contributed by atoms with van der Waals surface area (Å²) in [6.45, 7) is 0.609. The zero-order chi connectivity index (χ0) is 14.1. The molecular weight excluding hydrogens is 268 g/mol. The van der Waals surface area contributed by atoms with Crippen LogP contribution < -0.4 is 5.32 Å². The summed E-state index contributed by atoms with van der Waals surface area (Å²) in [4.78, 5) is 21.7. The van der Waals surface area contributed by atoms with Crippen molar-refractivity contribution >= 4 is 23.2 Å². The Bertz CT molecular complexity index is 420. The van der Waals surface area contributed by atoms with Gasteiger partial charge in [0.25, 0.3) is 11.6 Å². The number of carbonyl (C=O) groups is 1. The molecular formula is C13H17ClN2O3. The van der Waals surface area contributed by atoms with Crippen molar-refractivity contribution in [3.05, 3.63) is 39.9 Å². The number of nitro groups is 1. The van der Waals surface area contributed by atoms with E-state index in [0.717, 1.165) is 25.7 Å². The van der Waals surface area contributed by atoms with Gasteiger partial charge in [0.2, 0.25) is 0 Å². The number of nitrogens with one attached hydrogen (secondary N) is 1. The third-order valence-corrected chi connectivity index (χ3v) is 2.95. The predicted molar refractivity (Wildman–Crippen MR) is 74.6 cm³/mol. The van der Waals surface area contributed by atoms with Crippen LogP contribution in [0, 0.1) is 10.1 Å². The molecule has 104 valence electrons. The van der Waals surface area contributed by atoms with Gasteiger partial charge in [-0.25, -0.2) is 0 Å². The largest absolute Gasteiger partial charge is 0.352 e. The third-order valence-electron chi connectivity index (χ3n) is 2.69. The Labute approximate surface area is 117 Å². The fourth-order valence-corrected chi connectivity index (χ4v) is 1.80. The van der Waals surface area contributed by atoms with E-state index >= 15 is 0 Å². The van der Waals surface area contributed by atoms with Crippen LogP contribution in [0.1, 0.15) is 36.0 Å². The number of nitrogens with zero attached hydrogens (tertiary/aromatic N) is 1. The number of benzene rings is 1. The molecule has 1 aromatic rings. The minimum Gasteiger partial charge on any atom is -0.352 e. The van der Waals surface area contributed by atoms with Gasteiger partial charge in [-0.2, -0.15) is 0 Å². The van der Waals surface area contributed by atoms with Gasteiger partial charge in [-0.05, 0) is 25.0 Å².